The molecular formula is C24H30N2O5S3. The van der Waals surface area contributed by atoms with Gasteiger partial charge in [-0.25, -0.2) is 0 Å². The van der Waals surface area contributed by atoms with E-state index >= 15 is 0 Å². The van der Waals surface area contributed by atoms with E-state index < -0.39 is 10.0 Å². The van der Waals surface area contributed by atoms with Crippen molar-refractivity contribution in [3.8, 4) is 11.5 Å². The molecule has 7 nitrogen and oxygen atoms in total. The van der Waals surface area contributed by atoms with E-state index in [0.29, 0.717) is 29.6 Å². The van der Waals surface area contributed by atoms with E-state index in [9.17, 15) is 13.2 Å². The maximum absolute atomic E-state index is 12.9. The van der Waals surface area contributed by atoms with Crippen molar-refractivity contribution < 1.29 is 22.7 Å². The number of nitrogens with zero attached hydrogens (tertiary/aromatic N) is 2. The molecule has 0 N–H and O–H groups in total. The highest BCUT2D eigenvalue weighted by Crippen LogP contribution is 2.35. The molecule has 10 heteroatoms. The molecule has 1 aliphatic heterocycles. The lowest BCUT2D eigenvalue weighted by molar-refractivity contribution is -0.122. The Labute approximate surface area is 209 Å². The standard InChI is InChI=1S/C24H30N2O5S3/c1-4-6-7-8-9-14-31-19-13-12-18(16-20(19)30-3)17-21-23(27)26(5-2)24(33-21)25-34(28,29)22-11-10-15-32-22/h10-13,15-17H,4-9,14H2,1-3H3/b21-17-,25-24+. The van der Waals surface area contributed by atoms with Crippen LogP contribution in [-0.2, 0) is 14.8 Å². The van der Waals surface area contributed by atoms with Crippen molar-refractivity contribution in [1.82, 2.24) is 4.90 Å². The summed E-state index contributed by atoms with van der Waals surface area (Å²) in [5.41, 5.74) is 0.751. The van der Waals surface area contributed by atoms with Crippen molar-refractivity contribution in [2.45, 2.75) is 50.2 Å². The zero-order chi connectivity index (χ0) is 24.6. The number of thiophene rings is 1. The minimum atomic E-state index is -3.87. The van der Waals surface area contributed by atoms with Gasteiger partial charge in [-0.1, -0.05) is 44.7 Å². The molecule has 1 aromatic carbocycles. The Bertz CT molecular complexity index is 1140. The summed E-state index contributed by atoms with van der Waals surface area (Å²) in [6.07, 6.45) is 7.51. The summed E-state index contributed by atoms with van der Waals surface area (Å²) in [6, 6.07) is 8.64. The SMILES string of the molecule is CCCCCCCOc1ccc(/C=C2\S/C(=N/S(=O)(=O)c3cccs3)N(CC)C2=O)cc1OC. The van der Waals surface area contributed by atoms with E-state index in [0.717, 1.165) is 41.5 Å². The highest BCUT2D eigenvalue weighted by Gasteiger charge is 2.34. The predicted octanol–water partition coefficient (Wildman–Crippen LogP) is 5.79. The van der Waals surface area contributed by atoms with Gasteiger partial charge in [0, 0.05) is 6.54 Å². The van der Waals surface area contributed by atoms with E-state index in [1.54, 1.807) is 37.6 Å². The highest BCUT2D eigenvalue weighted by atomic mass is 32.2. The largest absolute Gasteiger partial charge is 0.493 e. The maximum Gasteiger partial charge on any atom is 0.294 e. The summed E-state index contributed by atoms with van der Waals surface area (Å²) >= 11 is 2.15. The summed E-state index contributed by atoms with van der Waals surface area (Å²) in [5.74, 6) is 0.962. The minimum absolute atomic E-state index is 0.146. The van der Waals surface area contributed by atoms with Gasteiger partial charge in [0.2, 0.25) is 0 Å². The molecule has 0 bridgehead atoms. The van der Waals surface area contributed by atoms with Crippen LogP contribution in [0.4, 0.5) is 0 Å². The number of unbranched alkanes of at least 4 members (excludes halogenated alkanes) is 4. The molecule has 184 valence electrons. The number of hydrogen-bond donors (Lipinski definition) is 0. The van der Waals surface area contributed by atoms with Crippen molar-refractivity contribution in [2.24, 2.45) is 4.40 Å². The third kappa shape index (κ3) is 6.64. The fourth-order valence-electron chi connectivity index (χ4n) is 3.35. The van der Waals surface area contributed by atoms with E-state index in [1.807, 2.05) is 12.1 Å². The van der Waals surface area contributed by atoms with Gasteiger partial charge in [0.1, 0.15) is 4.21 Å². The summed E-state index contributed by atoms with van der Waals surface area (Å²) in [6.45, 7) is 4.91. The van der Waals surface area contributed by atoms with Gasteiger partial charge >= 0.3 is 0 Å². The van der Waals surface area contributed by atoms with E-state index in [4.69, 9.17) is 9.47 Å². The molecule has 3 rings (SSSR count). The number of carbonyl (C=O) groups is 1. The Morgan fingerprint density at radius 2 is 1.88 bits per heavy atom. The number of thioether (sulfide) groups is 1. The fourth-order valence-corrected chi connectivity index (χ4v) is 6.56. The molecule has 34 heavy (non-hydrogen) atoms. The quantitative estimate of drug-likeness (QED) is 0.259. The number of sulfonamides is 1. The second-order valence-corrected chi connectivity index (χ2v) is 11.4. The van der Waals surface area contributed by atoms with E-state index in [1.165, 1.54) is 30.2 Å². The summed E-state index contributed by atoms with van der Waals surface area (Å²) in [4.78, 5) is 14.7. The van der Waals surface area contributed by atoms with Crippen molar-refractivity contribution in [1.29, 1.82) is 0 Å². The van der Waals surface area contributed by atoms with Crippen molar-refractivity contribution in [3.05, 3.63) is 46.2 Å². The third-order valence-electron chi connectivity index (χ3n) is 5.14. The normalized spacial score (nSPS) is 16.6. The first-order chi connectivity index (χ1) is 16.4. The molecule has 1 aromatic heterocycles. The van der Waals surface area contributed by atoms with Crippen LogP contribution in [-0.4, -0.2) is 44.7 Å². The average molecular weight is 523 g/mol. The number of amides is 1. The zero-order valence-electron chi connectivity index (χ0n) is 19.7. The molecule has 0 unspecified atom stereocenters. The second kappa shape index (κ2) is 12.4. The number of carbonyl (C=O) groups excluding carboxylic acids is 1. The zero-order valence-corrected chi connectivity index (χ0v) is 22.1. The molecular weight excluding hydrogens is 492 g/mol. The smallest absolute Gasteiger partial charge is 0.294 e. The molecule has 1 fully saturated rings. The lowest BCUT2D eigenvalue weighted by atomic mass is 10.1. The Morgan fingerprint density at radius 1 is 1.09 bits per heavy atom. The van der Waals surface area contributed by atoms with Crippen LogP contribution in [0.2, 0.25) is 0 Å². The number of rotatable bonds is 12. The molecule has 2 aromatic rings. The van der Waals surface area contributed by atoms with Gasteiger partial charge in [-0.3, -0.25) is 9.69 Å². The molecule has 0 spiro atoms. The van der Waals surface area contributed by atoms with Crippen LogP contribution >= 0.6 is 23.1 Å². The summed E-state index contributed by atoms with van der Waals surface area (Å²) < 4.78 is 40.6. The van der Waals surface area contributed by atoms with E-state index in [2.05, 4.69) is 11.3 Å². The topological polar surface area (TPSA) is 85.3 Å². The van der Waals surface area contributed by atoms with E-state index in [-0.39, 0.29) is 15.3 Å². The van der Waals surface area contributed by atoms with Gasteiger partial charge in [0.05, 0.1) is 18.6 Å². The predicted molar refractivity (Wildman–Crippen MR) is 139 cm³/mol. The molecule has 0 radical (unpaired) electrons. The molecule has 1 saturated heterocycles. The average Bonchev–Trinajstić information content (AvgIpc) is 3.46. The van der Waals surface area contributed by atoms with Gasteiger partial charge in [-0.05, 0) is 60.3 Å². The van der Waals surface area contributed by atoms with Gasteiger partial charge in [-0.15, -0.1) is 15.7 Å². The van der Waals surface area contributed by atoms with Crippen LogP contribution in [0.25, 0.3) is 6.08 Å². The van der Waals surface area contributed by atoms with Crippen LogP contribution in [0.15, 0.2) is 49.2 Å². The molecule has 0 aliphatic carbocycles. The molecule has 2 heterocycles. The van der Waals surface area contributed by atoms with Crippen LogP contribution in [0.5, 0.6) is 11.5 Å². The van der Waals surface area contributed by atoms with Crippen LogP contribution < -0.4 is 9.47 Å². The minimum Gasteiger partial charge on any atom is -0.493 e. The van der Waals surface area contributed by atoms with Crippen LogP contribution in [0.3, 0.4) is 0 Å². The number of hydrogen-bond acceptors (Lipinski definition) is 7. The summed E-state index contributed by atoms with van der Waals surface area (Å²) in [5, 5.41) is 1.83. The molecule has 1 amide bonds. The fraction of sp³-hybridized carbons (Fsp3) is 0.417. The maximum atomic E-state index is 12.9. The molecule has 0 atom stereocenters. The van der Waals surface area contributed by atoms with Gasteiger partial charge in [0.25, 0.3) is 15.9 Å². The lowest BCUT2D eigenvalue weighted by Gasteiger charge is -2.12. The molecule has 1 aliphatic rings. The Balaban J connectivity index is 1.75. The Morgan fingerprint density at radius 3 is 2.56 bits per heavy atom. The second-order valence-electron chi connectivity index (χ2n) is 7.61. The Kier molecular flexibility index (Phi) is 9.61. The first-order valence-electron chi connectivity index (χ1n) is 11.3. The number of methoxy groups -OCH3 is 1. The van der Waals surface area contributed by atoms with Crippen molar-refractivity contribution in [2.75, 3.05) is 20.3 Å². The first kappa shape index (κ1) is 26.3. The van der Waals surface area contributed by atoms with Gasteiger partial charge in [-0.2, -0.15) is 8.42 Å². The third-order valence-corrected chi connectivity index (χ3v) is 8.90. The number of benzene rings is 1. The van der Waals surface area contributed by atoms with Gasteiger partial charge in [0.15, 0.2) is 16.7 Å². The first-order valence-corrected chi connectivity index (χ1v) is 14.4. The van der Waals surface area contributed by atoms with Crippen molar-refractivity contribution in [3.63, 3.8) is 0 Å². The lowest BCUT2D eigenvalue weighted by Crippen LogP contribution is -2.29. The van der Waals surface area contributed by atoms with Gasteiger partial charge < -0.3 is 9.47 Å². The monoisotopic (exact) mass is 522 g/mol. The molecule has 0 saturated carbocycles. The van der Waals surface area contributed by atoms with Crippen molar-refractivity contribution >= 4 is 50.3 Å². The number of amidine groups is 1. The van der Waals surface area contributed by atoms with Crippen LogP contribution in [0, 0.1) is 0 Å². The summed E-state index contributed by atoms with van der Waals surface area (Å²) in [7, 11) is -2.29. The Hall–Kier alpha value is -2.30. The number of likely N-dealkylation sites (N-methyl/N-ethyl adjacent to an activating group) is 1. The highest BCUT2D eigenvalue weighted by molar-refractivity contribution is 8.19. The number of ether oxygens (including phenoxy) is 2. The van der Waals surface area contributed by atoms with Crippen LogP contribution in [0.1, 0.15) is 51.5 Å².